The van der Waals surface area contributed by atoms with Crippen LogP contribution in [0, 0.1) is 0 Å². The largest absolute Gasteiger partial charge is 0.491 e. The highest BCUT2D eigenvalue weighted by Crippen LogP contribution is 2.40. The van der Waals surface area contributed by atoms with Crippen LogP contribution in [-0.4, -0.2) is 43.0 Å². The molecule has 3 atom stereocenters. The normalized spacial score (nSPS) is 18.1. The van der Waals surface area contributed by atoms with E-state index in [2.05, 4.69) is 55.5 Å². The number of hydrogen-bond acceptors (Lipinski definition) is 4. The van der Waals surface area contributed by atoms with E-state index in [-0.39, 0.29) is 24.0 Å². The van der Waals surface area contributed by atoms with Crippen LogP contribution in [0.1, 0.15) is 23.6 Å². The number of rotatable bonds is 10. The molecule has 1 saturated heterocycles. The van der Waals surface area contributed by atoms with Gasteiger partial charge >= 0.3 is 0 Å². The summed E-state index contributed by atoms with van der Waals surface area (Å²) in [6, 6.07) is 26.7. The maximum Gasteiger partial charge on any atom is 0.119 e. The quantitative estimate of drug-likeness (QED) is 0.281. The Balaban J connectivity index is 1.61. The number of epoxide rings is 1. The lowest BCUT2D eigenvalue weighted by Crippen LogP contribution is -2.25. The van der Waals surface area contributed by atoms with Gasteiger partial charge in [-0.3, -0.25) is 0 Å². The van der Waals surface area contributed by atoms with E-state index in [0.717, 1.165) is 17.9 Å². The molecule has 5 heteroatoms. The van der Waals surface area contributed by atoms with E-state index in [1.54, 1.807) is 0 Å². The minimum atomic E-state index is -0.678. The first-order valence-electron chi connectivity index (χ1n) is 10.5. The number of halogens is 1. The SMILES string of the molecule is CC(c1ccccc1)(c1ccc(OCC(O)CCl)cc1)c1ccc(OCC2CO2)cc1. The van der Waals surface area contributed by atoms with E-state index in [4.69, 9.17) is 25.8 Å². The summed E-state index contributed by atoms with van der Waals surface area (Å²) in [6.45, 7) is 3.78. The van der Waals surface area contributed by atoms with Crippen molar-refractivity contribution in [2.24, 2.45) is 0 Å². The van der Waals surface area contributed by atoms with Crippen molar-refractivity contribution in [1.29, 1.82) is 0 Å². The van der Waals surface area contributed by atoms with Gasteiger partial charge in [0.1, 0.15) is 36.9 Å². The van der Waals surface area contributed by atoms with Crippen molar-refractivity contribution in [2.75, 3.05) is 25.7 Å². The Morgan fingerprint density at radius 2 is 1.42 bits per heavy atom. The monoisotopic (exact) mass is 438 g/mol. The molecule has 31 heavy (non-hydrogen) atoms. The fraction of sp³-hybridized carbons (Fsp3) is 0.308. The Bertz CT molecular complexity index is 955. The molecule has 0 amide bonds. The van der Waals surface area contributed by atoms with Gasteiger partial charge in [0.2, 0.25) is 0 Å². The summed E-state index contributed by atoms with van der Waals surface area (Å²) in [6.07, 6.45) is -0.441. The zero-order valence-corrected chi connectivity index (χ0v) is 18.3. The second kappa shape index (κ2) is 9.73. The van der Waals surface area contributed by atoms with E-state index in [9.17, 15) is 5.11 Å². The van der Waals surface area contributed by atoms with Crippen LogP contribution in [0.25, 0.3) is 0 Å². The highest BCUT2D eigenvalue weighted by Gasteiger charge is 2.31. The molecule has 0 radical (unpaired) electrons. The lowest BCUT2D eigenvalue weighted by atomic mass is 9.71. The van der Waals surface area contributed by atoms with Gasteiger partial charge < -0.3 is 19.3 Å². The summed E-state index contributed by atoms with van der Waals surface area (Å²) < 4.78 is 16.7. The summed E-state index contributed by atoms with van der Waals surface area (Å²) in [5.74, 6) is 1.70. The number of benzene rings is 3. The van der Waals surface area contributed by atoms with Gasteiger partial charge in [0.05, 0.1) is 12.5 Å². The third kappa shape index (κ3) is 5.21. The van der Waals surface area contributed by atoms with Gasteiger partial charge in [-0.25, -0.2) is 0 Å². The maximum atomic E-state index is 9.62. The first-order valence-corrected chi connectivity index (χ1v) is 11.0. The molecule has 0 spiro atoms. The van der Waals surface area contributed by atoms with Gasteiger partial charge in [0.15, 0.2) is 0 Å². The molecule has 4 rings (SSSR count). The fourth-order valence-electron chi connectivity index (χ4n) is 3.63. The van der Waals surface area contributed by atoms with Crippen LogP contribution in [-0.2, 0) is 10.2 Å². The second-order valence-corrected chi connectivity index (χ2v) is 8.23. The molecule has 3 unspecified atom stereocenters. The number of aliphatic hydroxyl groups is 1. The molecule has 1 aliphatic rings. The topological polar surface area (TPSA) is 51.2 Å². The molecule has 0 aromatic heterocycles. The molecule has 3 aromatic carbocycles. The van der Waals surface area contributed by atoms with Crippen LogP contribution >= 0.6 is 11.6 Å². The van der Waals surface area contributed by atoms with E-state index >= 15 is 0 Å². The molecule has 3 aromatic rings. The van der Waals surface area contributed by atoms with Gasteiger partial charge in [0, 0.05) is 5.41 Å². The van der Waals surface area contributed by atoms with Gasteiger partial charge in [0.25, 0.3) is 0 Å². The lowest BCUT2D eigenvalue weighted by Gasteiger charge is -2.32. The van der Waals surface area contributed by atoms with Crippen molar-refractivity contribution in [3.8, 4) is 11.5 Å². The minimum absolute atomic E-state index is 0.150. The zero-order valence-electron chi connectivity index (χ0n) is 17.5. The molecule has 1 N–H and O–H groups in total. The summed E-state index contributed by atoms with van der Waals surface area (Å²) in [5.41, 5.74) is 3.15. The smallest absolute Gasteiger partial charge is 0.119 e. The molecule has 1 heterocycles. The summed E-state index contributed by atoms with van der Waals surface area (Å²) in [7, 11) is 0. The average molecular weight is 439 g/mol. The second-order valence-electron chi connectivity index (χ2n) is 7.93. The predicted molar refractivity (Wildman–Crippen MR) is 122 cm³/mol. The molecule has 1 aliphatic heterocycles. The molecule has 0 saturated carbocycles. The molecule has 162 valence electrons. The number of aliphatic hydroxyl groups excluding tert-OH is 1. The zero-order chi connectivity index (χ0) is 21.7. The highest BCUT2D eigenvalue weighted by atomic mass is 35.5. The Morgan fingerprint density at radius 1 is 0.903 bits per heavy atom. The molecule has 0 bridgehead atoms. The van der Waals surface area contributed by atoms with Gasteiger partial charge in [-0.15, -0.1) is 11.6 Å². The molecule has 0 aliphatic carbocycles. The molecule has 4 nitrogen and oxygen atoms in total. The van der Waals surface area contributed by atoms with Gasteiger partial charge in [-0.1, -0.05) is 54.6 Å². The molecular formula is C26H27ClO4. The number of alkyl halides is 1. The highest BCUT2D eigenvalue weighted by molar-refractivity contribution is 6.18. The summed E-state index contributed by atoms with van der Waals surface area (Å²) >= 11 is 5.64. The first kappa shape index (κ1) is 21.7. The van der Waals surface area contributed by atoms with Crippen molar-refractivity contribution in [2.45, 2.75) is 24.5 Å². The van der Waals surface area contributed by atoms with Crippen molar-refractivity contribution >= 4 is 11.6 Å². The Labute approximate surface area is 188 Å². The van der Waals surface area contributed by atoms with E-state index in [1.807, 2.05) is 30.3 Å². The maximum absolute atomic E-state index is 9.62. The van der Waals surface area contributed by atoms with Crippen molar-refractivity contribution in [3.05, 3.63) is 95.6 Å². The molecular weight excluding hydrogens is 412 g/mol. The van der Waals surface area contributed by atoms with Gasteiger partial charge in [-0.2, -0.15) is 0 Å². The van der Waals surface area contributed by atoms with Crippen LogP contribution in [0.3, 0.4) is 0 Å². The van der Waals surface area contributed by atoms with Crippen LogP contribution in [0.2, 0.25) is 0 Å². The average Bonchev–Trinajstić information content (AvgIpc) is 3.66. The summed E-state index contributed by atoms with van der Waals surface area (Å²) in [5, 5.41) is 9.62. The number of hydrogen-bond donors (Lipinski definition) is 1. The Hall–Kier alpha value is -2.53. The van der Waals surface area contributed by atoms with Crippen molar-refractivity contribution < 1.29 is 19.3 Å². The Morgan fingerprint density at radius 3 is 1.94 bits per heavy atom. The van der Waals surface area contributed by atoms with E-state index in [0.29, 0.717) is 12.4 Å². The summed E-state index contributed by atoms with van der Waals surface area (Å²) in [4.78, 5) is 0. The van der Waals surface area contributed by atoms with E-state index in [1.165, 1.54) is 11.1 Å². The lowest BCUT2D eigenvalue weighted by molar-refractivity contribution is 0.125. The van der Waals surface area contributed by atoms with Gasteiger partial charge in [-0.05, 0) is 47.9 Å². The predicted octanol–water partition coefficient (Wildman–Crippen LogP) is 4.80. The van der Waals surface area contributed by atoms with Crippen LogP contribution in [0.15, 0.2) is 78.9 Å². The fourth-order valence-corrected chi connectivity index (χ4v) is 3.72. The third-order valence-electron chi connectivity index (χ3n) is 5.67. The van der Waals surface area contributed by atoms with Crippen molar-refractivity contribution in [1.82, 2.24) is 0 Å². The van der Waals surface area contributed by atoms with Crippen LogP contribution in [0.5, 0.6) is 11.5 Å². The number of ether oxygens (including phenoxy) is 3. The van der Waals surface area contributed by atoms with E-state index < -0.39 is 6.10 Å². The minimum Gasteiger partial charge on any atom is -0.491 e. The van der Waals surface area contributed by atoms with Crippen LogP contribution in [0.4, 0.5) is 0 Å². The third-order valence-corrected chi connectivity index (χ3v) is 6.03. The molecule has 1 fully saturated rings. The first-order chi connectivity index (χ1) is 15.1. The standard InChI is InChI=1S/C26H27ClO4/c1-26(19-5-3-2-4-6-19,20-7-11-23(12-8-20)29-16-22(28)15-27)21-9-13-24(14-10-21)30-17-25-18-31-25/h2-14,22,25,28H,15-18H2,1H3. The Kier molecular flexibility index (Phi) is 6.81. The van der Waals surface area contributed by atoms with Crippen LogP contribution < -0.4 is 9.47 Å². The van der Waals surface area contributed by atoms with Crippen molar-refractivity contribution in [3.63, 3.8) is 0 Å².